The van der Waals surface area contributed by atoms with Crippen LogP contribution in [0.2, 0.25) is 0 Å². The maximum atomic E-state index is 12.2. The SMILES string of the molecule is Cn1ncc2c(=O)n(CCCC(C)(C)C(N)=S)nnc21. The van der Waals surface area contributed by atoms with E-state index in [0.717, 1.165) is 12.8 Å². The highest BCUT2D eigenvalue weighted by molar-refractivity contribution is 7.80. The topological polar surface area (TPSA) is 91.6 Å². The molecule has 0 aliphatic rings. The zero-order valence-electron chi connectivity index (χ0n) is 11.8. The Morgan fingerprint density at radius 1 is 1.50 bits per heavy atom. The van der Waals surface area contributed by atoms with Crippen LogP contribution in [0.5, 0.6) is 0 Å². The number of rotatable bonds is 5. The fourth-order valence-corrected chi connectivity index (χ4v) is 2.02. The van der Waals surface area contributed by atoms with Gasteiger partial charge in [-0.25, -0.2) is 9.36 Å². The Labute approximate surface area is 121 Å². The molecule has 0 aromatic carbocycles. The van der Waals surface area contributed by atoms with Gasteiger partial charge >= 0.3 is 0 Å². The minimum atomic E-state index is -0.217. The van der Waals surface area contributed by atoms with Gasteiger partial charge in [0.1, 0.15) is 5.39 Å². The second-order valence-electron chi connectivity index (χ2n) is 5.47. The van der Waals surface area contributed by atoms with E-state index in [1.807, 2.05) is 13.8 Å². The van der Waals surface area contributed by atoms with E-state index in [9.17, 15) is 4.79 Å². The number of aromatic nitrogens is 5. The van der Waals surface area contributed by atoms with Crippen molar-refractivity contribution in [2.75, 3.05) is 0 Å². The van der Waals surface area contributed by atoms with Crippen molar-refractivity contribution in [2.45, 2.75) is 33.2 Å². The fourth-order valence-electron chi connectivity index (χ4n) is 1.92. The summed E-state index contributed by atoms with van der Waals surface area (Å²) < 4.78 is 2.89. The lowest BCUT2D eigenvalue weighted by Gasteiger charge is -2.22. The third kappa shape index (κ3) is 2.69. The average Bonchev–Trinajstić information content (AvgIpc) is 2.74. The number of thiocarbonyl (C=S) groups is 1. The smallest absolute Gasteiger partial charge is 0.280 e. The molecular weight excluding hydrogens is 276 g/mol. The van der Waals surface area contributed by atoms with Crippen LogP contribution >= 0.6 is 12.2 Å². The normalized spacial score (nSPS) is 11.9. The molecule has 7 nitrogen and oxygen atoms in total. The Morgan fingerprint density at radius 2 is 2.20 bits per heavy atom. The van der Waals surface area contributed by atoms with Crippen LogP contribution in [0.1, 0.15) is 26.7 Å². The van der Waals surface area contributed by atoms with Gasteiger partial charge in [0.25, 0.3) is 5.56 Å². The van der Waals surface area contributed by atoms with E-state index in [-0.39, 0.29) is 11.0 Å². The van der Waals surface area contributed by atoms with Crippen molar-refractivity contribution < 1.29 is 0 Å². The molecule has 0 unspecified atom stereocenters. The van der Waals surface area contributed by atoms with Gasteiger partial charge in [-0.2, -0.15) is 5.10 Å². The maximum absolute atomic E-state index is 12.2. The van der Waals surface area contributed by atoms with Crippen LogP contribution in [-0.2, 0) is 13.6 Å². The number of hydrogen-bond acceptors (Lipinski definition) is 5. The van der Waals surface area contributed by atoms with Crippen molar-refractivity contribution in [3.8, 4) is 0 Å². The van der Waals surface area contributed by atoms with Gasteiger partial charge < -0.3 is 5.73 Å². The molecule has 2 aromatic rings. The molecule has 108 valence electrons. The second kappa shape index (κ2) is 5.28. The Balaban J connectivity index is 2.13. The van der Waals surface area contributed by atoms with E-state index in [4.69, 9.17) is 18.0 Å². The van der Waals surface area contributed by atoms with Crippen molar-refractivity contribution >= 4 is 28.2 Å². The Morgan fingerprint density at radius 3 is 2.85 bits per heavy atom. The molecule has 0 spiro atoms. The van der Waals surface area contributed by atoms with E-state index in [1.165, 1.54) is 15.6 Å². The predicted octanol–water partition coefficient (Wildman–Crippen LogP) is 0.618. The molecule has 20 heavy (non-hydrogen) atoms. The molecule has 0 aliphatic heterocycles. The van der Waals surface area contributed by atoms with E-state index in [1.54, 1.807) is 7.05 Å². The van der Waals surface area contributed by atoms with Gasteiger partial charge in [-0.1, -0.05) is 31.3 Å². The van der Waals surface area contributed by atoms with Gasteiger partial charge in [-0.15, -0.1) is 5.10 Å². The zero-order chi connectivity index (χ0) is 14.9. The van der Waals surface area contributed by atoms with Gasteiger partial charge in [0.15, 0.2) is 5.65 Å². The van der Waals surface area contributed by atoms with Gasteiger partial charge in [-0.3, -0.25) is 4.79 Å². The van der Waals surface area contributed by atoms with E-state index >= 15 is 0 Å². The van der Waals surface area contributed by atoms with Crippen LogP contribution in [0.4, 0.5) is 0 Å². The van der Waals surface area contributed by atoms with Crippen molar-refractivity contribution in [1.82, 2.24) is 24.8 Å². The van der Waals surface area contributed by atoms with Crippen LogP contribution in [0, 0.1) is 5.41 Å². The van der Waals surface area contributed by atoms with Crippen LogP contribution in [0.25, 0.3) is 11.0 Å². The molecule has 2 heterocycles. The third-order valence-corrected chi connectivity index (χ3v) is 4.01. The zero-order valence-corrected chi connectivity index (χ0v) is 12.6. The molecule has 0 bridgehead atoms. The highest BCUT2D eigenvalue weighted by atomic mass is 32.1. The molecule has 0 fully saturated rings. The molecule has 0 amide bonds. The first-order valence-corrected chi connectivity index (χ1v) is 6.79. The van der Waals surface area contributed by atoms with Crippen LogP contribution in [0.3, 0.4) is 0 Å². The van der Waals surface area contributed by atoms with Crippen molar-refractivity contribution in [3.63, 3.8) is 0 Å². The summed E-state index contributed by atoms with van der Waals surface area (Å²) in [5.41, 5.74) is 5.79. The molecule has 2 rings (SSSR count). The van der Waals surface area contributed by atoms with Crippen molar-refractivity contribution in [3.05, 3.63) is 16.6 Å². The van der Waals surface area contributed by atoms with Crippen LogP contribution in [0.15, 0.2) is 11.0 Å². The molecule has 2 aromatic heterocycles. The minimum Gasteiger partial charge on any atom is -0.393 e. The molecule has 0 saturated heterocycles. The maximum Gasteiger partial charge on any atom is 0.280 e. The standard InChI is InChI=1S/C12H18N6OS/c1-12(2,11(13)20)5-4-6-18-10(19)8-7-14-17(3)9(8)15-16-18/h7H,4-6H2,1-3H3,(H2,13,20). The van der Waals surface area contributed by atoms with E-state index in [2.05, 4.69) is 15.4 Å². The van der Waals surface area contributed by atoms with Gasteiger partial charge in [-0.05, 0) is 12.8 Å². The van der Waals surface area contributed by atoms with Gasteiger partial charge in [0, 0.05) is 19.0 Å². The number of nitrogens with zero attached hydrogens (tertiary/aromatic N) is 5. The molecule has 0 aliphatic carbocycles. The predicted molar refractivity (Wildman–Crippen MR) is 80.4 cm³/mol. The second-order valence-corrected chi connectivity index (χ2v) is 5.91. The lowest BCUT2D eigenvalue weighted by Crippen LogP contribution is -2.31. The van der Waals surface area contributed by atoms with Crippen molar-refractivity contribution in [2.24, 2.45) is 18.2 Å². The summed E-state index contributed by atoms with van der Waals surface area (Å²) in [6.45, 7) is 4.48. The van der Waals surface area contributed by atoms with Crippen LogP contribution in [-0.4, -0.2) is 29.8 Å². The summed E-state index contributed by atoms with van der Waals surface area (Å²) in [5, 5.41) is 12.4. The number of hydrogen-bond donors (Lipinski definition) is 1. The first kappa shape index (κ1) is 14.6. The summed E-state index contributed by atoms with van der Waals surface area (Å²) in [6.07, 6.45) is 3.06. The first-order valence-electron chi connectivity index (χ1n) is 6.38. The molecule has 0 atom stereocenters. The molecule has 0 radical (unpaired) electrons. The highest BCUT2D eigenvalue weighted by Crippen LogP contribution is 2.22. The Hall–Kier alpha value is -1.83. The summed E-state index contributed by atoms with van der Waals surface area (Å²) in [5.74, 6) is 0. The van der Waals surface area contributed by atoms with Crippen molar-refractivity contribution in [1.29, 1.82) is 0 Å². The lowest BCUT2D eigenvalue weighted by molar-refractivity contribution is 0.414. The monoisotopic (exact) mass is 294 g/mol. The van der Waals surface area contributed by atoms with Gasteiger partial charge in [0.05, 0.1) is 11.2 Å². The first-order chi connectivity index (χ1) is 9.33. The molecule has 0 saturated carbocycles. The summed E-state index contributed by atoms with van der Waals surface area (Å²) in [4.78, 5) is 12.7. The quantitative estimate of drug-likeness (QED) is 0.813. The summed E-state index contributed by atoms with van der Waals surface area (Å²) >= 11 is 5.02. The lowest BCUT2D eigenvalue weighted by atomic mass is 9.88. The molecule has 2 N–H and O–H groups in total. The number of aryl methyl sites for hydroxylation is 2. The molecular formula is C12H18N6OS. The summed E-state index contributed by atoms with van der Waals surface area (Å²) in [6, 6.07) is 0. The molecule has 8 heteroatoms. The fraction of sp³-hybridized carbons (Fsp3) is 0.583. The Kier molecular flexibility index (Phi) is 3.85. The average molecular weight is 294 g/mol. The van der Waals surface area contributed by atoms with E-state index in [0.29, 0.717) is 22.6 Å². The summed E-state index contributed by atoms with van der Waals surface area (Å²) in [7, 11) is 1.73. The number of fused-ring (bicyclic) bond motifs is 1. The Bertz CT molecular complexity index is 702. The van der Waals surface area contributed by atoms with Gasteiger partial charge in [0.2, 0.25) is 0 Å². The number of nitrogens with two attached hydrogens (primary N) is 1. The minimum absolute atomic E-state index is 0.170. The highest BCUT2D eigenvalue weighted by Gasteiger charge is 2.21. The third-order valence-electron chi connectivity index (χ3n) is 3.46. The van der Waals surface area contributed by atoms with E-state index < -0.39 is 0 Å². The largest absolute Gasteiger partial charge is 0.393 e. The van der Waals surface area contributed by atoms with Crippen LogP contribution < -0.4 is 11.3 Å².